The Morgan fingerprint density at radius 2 is 1.41 bits per heavy atom. The van der Waals surface area contributed by atoms with Crippen LogP contribution in [-0.2, 0) is 30.2 Å². The average Bonchev–Trinajstić information content (AvgIpc) is 2.87. The highest BCUT2D eigenvalue weighted by Crippen LogP contribution is 2.30. The van der Waals surface area contributed by atoms with E-state index >= 15 is 0 Å². The van der Waals surface area contributed by atoms with Crippen molar-refractivity contribution in [1.29, 1.82) is 0 Å². The van der Waals surface area contributed by atoms with E-state index in [0.29, 0.717) is 11.3 Å². The van der Waals surface area contributed by atoms with Crippen molar-refractivity contribution in [1.82, 2.24) is 5.32 Å². The topological polar surface area (TPSA) is 145 Å². The first-order chi connectivity index (χ1) is 17.9. The third-order valence-electron chi connectivity index (χ3n) is 4.50. The lowest BCUT2D eigenvalue weighted by Crippen LogP contribution is -2.41. The van der Waals surface area contributed by atoms with Crippen LogP contribution in [0, 0.1) is 0 Å². The maximum Gasteiger partial charge on any atom is 0.513 e. The summed E-state index contributed by atoms with van der Waals surface area (Å²) >= 11 is 0. The van der Waals surface area contributed by atoms with Gasteiger partial charge in [-0.05, 0) is 50.1 Å². The van der Waals surface area contributed by atoms with Crippen molar-refractivity contribution < 1.29 is 52.3 Å². The van der Waals surface area contributed by atoms with Crippen molar-refractivity contribution in [3.63, 3.8) is 0 Å². The summed E-state index contributed by atoms with van der Waals surface area (Å²) in [5.74, 6) is -0.432. The van der Waals surface area contributed by atoms with Crippen molar-refractivity contribution in [3.8, 4) is 17.2 Å². The zero-order valence-electron chi connectivity index (χ0n) is 20.7. The minimum atomic E-state index is -1.00. The number of hydrogen-bond donors (Lipinski definition) is 1. The van der Waals surface area contributed by atoms with E-state index in [1.807, 2.05) is 0 Å². The van der Waals surface area contributed by atoms with Crippen LogP contribution in [0.15, 0.2) is 48.5 Å². The van der Waals surface area contributed by atoms with Gasteiger partial charge in [0.15, 0.2) is 11.5 Å². The Kier molecular flexibility index (Phi) is 12.2. The number of esters is 1. The molecule has 2 aromatic carbocycles. The zero-order valence-corrected chi connectivity index (χ0v) is 20.7. The van der Waals surface area contributed by atoms with Gasteiger partial charge >= 0.3 is 24.4 Å². The lowest BCUT2D eigenvalue weighted by molar-refractivity contribution is -0.143. The third kappa shape index (κ3) is 10.4. The SMILES string of the molecule is CCOC(=O)Oc1ccc(C[C@H](NCCOC(=O)Oc2ccccc2)C(=O)OC)cc1OC(=O)OCC. The van der Waals surface area contributed by atoms with Crippen molar-refractivity contribution in [2.75, 3.05) is 33.5 Å². The molecule has 200 valence electrons. The lowest BCUT2D eigenvalue weighted by Gasteiger charge is -2.17. The van der Waals surface area contributed by atoms with E-state index in [1.54, 1.807) is 50.2 Å². The fraction of sp³-hybridized carbons (Fsp3) is 0.360. The Morgan fingerprint density at radius 3 is 2.03 bits per heavy atom. The molecule has 0 unspecified atom stereocenters. The second kappa shape index (κ2) is 15.6. The van der Waals surface area contributed by atoms with E-state index in [9.17, 15) is 19.2 Å². The van der Waals surface area contributed by atoms with Crippen LogP contribution < -0.4 is 19.5 Å². The number of methoxy groups -OCH3 is 1. The predicted octanol–water partition coefficient (Wildman–Crippen LogP) is 3.65. The maximum absolute atomic E-state index is 12.3. The van der Waals surface area contributed by atoms with Crippen LogP contribution in [0.25, 0.3) is 0 Å². The Bertz CT molecular complexity index is 1040. The van der Waals surface area contributed by atoms with Crippen LogP contribution in [0.1, 0.15) is 19.4 Å². The molecule has 1 atom stereocenters. The summed E-state index contributed by atoms with van der Waals surface area (Å²) in [5.41, 5.74) is 0.530. The molecule has 0 amide bonds. The number of benzene rings is 2. The number of para-hydroxylation sites is 1. The molecule has 12 heteroatoms. The molecule has 0 heterocycles. The van der Waals surface area contributed by atoms with Crippen LogP contribution in [-0.4, -0.2) is 64.0 Å². The monoisotopic (exact) mass is 519 g/mol. The minimum absolute atomic E-state index is 0.0713. The van der Waals surface area contributed by atoms with Crippen molar-refractivity contribution in [2.24, 2.45) is 0 Å². The highest BCUT2D eigenvalue weighted by molar-refractivity contribution is 5.76. The van der Waals surface area contributed by atoms with Gasteiger partial charge in [0, 0.05) is 6.54 Å². The molecule has 12 nitrogen and oxygen atoms in total. The Labute approximate surface area is 213 Å². The first-order valence-corrected chi connectivity index (χ1v) is 11.4. The van der Waals surface area contributed by atoms with Crippen LogP contribution in [0.4, 0.5) is 14.4 Å². The second-order valence-electron chi connectivity index (χ2n) is 7.10. The highest BCUT2D eigenvalue weighted by atomic mass is 16.7. The predicted molar refractivity (Wildman–Crippen MR) is 128 cm³/mol. The summed E-state index contributed by atoms with van der Waals surface area (Å²) in [5, 5.41) is 2.94. The molecular formula is C25H29NO11. The van der Waals surface area contributed by atoms with Gasteiger partial charge in [0.1, 0.15) is 18.4 Å². The van der Waals surface area contributed by atoms with E-state index in [2.05, 4.69) is 5.32 Å². The fourth-order valence-corrected chi connectivity index (χ4v) is 2.92. The van der Waals surface area contributed by atoms with Gasteiger partial charge in [-0.3, -0.25) is 4.79 Å². The van der Waals surface area contributed by atoms with E-state index in [1.165, 1.54) is 19.2 Å². The van der Waals surface area contributed by atoms with Gasteiger partial charge in [-0.2, -0.15) is 0 Å². The summed E-state index contributed by atoms with van der Waals surface area (Å²) in [4.78, 5) is 47.7. The number of hydrogen-bond acceptors (Lipinski definition) is 12. The molecule has 2 rings (SSSR count). The molecule has 0 saturated carbocycles. The molecule has 0 aliphatic heterocycles. The van der Waals surface area contributed by atoms with E-state index in [0.717, 1.165) is 0 Å². The molecule has 37 heavy (non-hydrogen) atoms. The molecular weight excluding hydrogens is 490 g/mol. The molecule has 0 spiro atoms. The van der Waals surface area contributed by atoms with Gasteiger partial charge in [0.2, 0.25) is 0 Å². The van der Waals surface area contributed by atoms with Gasteiger partial charge in [0.05, 0.1) is 20.3 Å². The summed E-state index contributed by atoms with van der Waals surface area (Å²) in [6, 6.07) is 11.9. The van der Waals surface area contributed by atoms with E-state index < -0.39 is 30.5 Å². The van der Waals surface area contributed by atoms with Gasteiger partial charge in [-0.15, -0.1) is 0 Å². The summed E-state index contributed by atoms with van der Waals surface area (Å²) in [6.45, 7) is 3.40. The summed E-state index contributed by atoms with van der Waals surface area (Å²) < 4.78 is 34.6. The Hall–Kier alpha value is -4.32. The average molecular weight is 520 g/mol. The summed E-state index contributed by atoms with van der Waals surface area (Å²) in [6.07, 6.45) is -2.78. The van der Waals surface area contributed by atoms with Crippen LogP contribution in [0.3, 0.4) is 0 Å². The summed E-state index contributed by atoms with van der Waals surface area (Å²) in [7, 11) is 1.23. The molecule has 0 saturated heterocycles. The second-order valence-corrected chi connectivity index (χ2v) is 7.10. The van der Waals surface area contributed by atoms with Crippen LogP contribution >= 0.6 is 0 Å². The van der Waals surface area contributed by atoms with Gasteiger partial charge in [-0.1, -0.05) is 24.3 Å². The van der Waals surface area contributed by atoms with E-state index in [4.69, 9.17) is 33.2 Å². The quantitative estimate of drug-likeness (QED) is 0.189. The highest BCUT2D eigenvalue weighted by Gasteiger charge is 2.22. The van der Waals surface area contributed by atoms with E-state index in [-0.39, 0.29) is 44.3 Å². The van der Waals surface area contributed by atoms with Gasteiger partial charge in [-0.25, -0.2) is 14.4 Å². The molecule has 1 N–H and O–H groups in total. The molecule has 0 aliphatic carbocycles. The number of carbonyl (C=O) groups excluding carboxylic acids is 4. The van der Waals surface area contributed by atoms with Crippen LogP contribution in [0.5, 0.6) is 17.2 Å². The zero-order chi connectivity index (χ0) is 27.0. The molecule has 0 aliphatic rings. The number of nitrogens with one attached hydrogen (secondary N) is 1. The van der Waals surface area contributed by atoms with Crippen molar-refractivity contribution in [3.05, 3.63) is 54.1 Å². The van der Waals surface area contributed by atoms with Gasteiger partial charge in [0.25, 0.3) is 0 Å². The first kappa shape index (κ1) is 28.9. The van der Waals surface area contributed by atoms with Crippen molar-refractivity contribution >= 4 is 24.4 Å². The lowest BCUT2D eigenvalue weighted by atomic mass is 10.1. The standard InChI is InChI=1S/C25H29NO11/c1-4-32-23(28)36-20-12-11-17(16-21(20)37-24(29)33-5-2)15-19(22(27)31-3)26-13-14-34-25(30)35-18-9-7-6-8-10-18/h6-12,16,19,26H,4-5,13-15H2,1-3H3/t19-/m0/s1. The molecule has 0 aromatic heterocycles. The maximum atomic E-state index is 12.3. The van der Waals surface area contributed by atoms with Gasteiger partial charge < -0.3 is 38.5 Å². The number of carbonyl (C=O) groups is 4. The smallest absolute Gasteiger partial charge is 0.468 e. The fourth-order valence-electron chi connectivity index (χ4n) is 2.92. The Morgan fingerprint density at radius 1 is 0.784 bits per heavy atom. The molecule has 0 radical (unpaired) electrons. The number of rotatable bonds is 12. The molecule has 2 aromatic rings. The molecule has 0 fully saturated rings. The largest absolute Gasteiger partial charge is 0.513 e. The van der Waals surface area contributed by atoms with Crippen LogP contribution in [0.2, 0.25) is 0 Å². The normalized spacial score (nSPS) is 11.0. The third-order valence-corrected chi connectivity index (χ3v) is 4.50. The first-order valence-electron chi connectivity index (χ1n) is 11.4. The van der Waals surface area contributed by atoms with Crippen molar-refractivity contribution in [2.45, 2.75) is 26.3 Å². The minimum Gasteiger partial charge on any atom is -0.468 e. The number of ether oxygens (including phenoxy) is 7. The molecule has 0 bridgehead atoms. The Balaban J connectivity index is 2.02.